The van der Waals surface area contributed by atoms with Gasteiger partial charge in [0.25, 0.3) is 0 Å². The molecular formula is C12H11BrN2O3. The Kier molecular flexibility index (Phi) is 3.66. The molecule has 0 saturated carbocycles. The van der Waals surface area contributed by atoms with Gasteiger partial charge in [-0.2, -0.15) is 5.10 Å². The number of aryl methyl sites for hydroxylation is 1. The van der Waals surface area contributed by atoms with E-state index in [4.69, 9.17) is 9.84 Å². The summed E-state index contributed by atoms with van der Waals surface area (Å²) in [5.74, 6) is -0.245. The van der Waals surface area contributed by atoms with Gasteiger partial charge in [-0.05, 0) is 35.0 Å². The fourth-order valence-electron chi connectivity index (χ4n) is 1.49. The van der Waals surface area contributed by atoms with Crippen molar-refractivity contribution in [1.29, 1.82) is 0 Å². The Labute approximate surface area is 112 Å². The number of aromatic nitrogens is 2. The maximum atomic E-state index is 11.2. The molecule has 0 radical (unpaired) electrons. The Balaban J connectivity index is 2.34. The van der Waals surface area contributed by atoms with Crippen molar-refractivity contribution in [2.24, 2.45) is 0 Å². The predicted octanol–water partition coefficient (Wildman–Crippen LogP) is 3.16. The molecule has 0 spiro atoms. The molecule has 0 amide bonds. The minimum Gasteiger partial charge on any atom is -0.478 e. The summed E-state index contributed by atoms with van der Waals surface area (Å²) in [7, 11) is 0. The maximum absolute atomic E-state index is 11.2. The molecule has 2 aromatic rings. The molecule has 1 N–H and O–H groups in total. The number of benzene rings is 1. The van der Waals surface area contributed by atoms with E-state index in [2.05, 4.69) is 21.0 Å². The van der Waals surface area contributed by atoms with E-state index in [-0.39, 0.29) is 11.3 Å². The van der Waals surface area contributed by atoms with Gasteiger partial charge in [0, 0.05) is 11.0 Å². The lowest BCUT2D eigenvalue weighted by Gasteiger charge is -2.07. The molecule has 2 rings (SSSR count). The molecule has 18 heavy (non-hydrogen) atoms. The third-order valence-corrected chi connectivity index (χ3v) is 3.01. The highest BCUT2D eigenvalue weighted by molar-refractivity contribution is 9.10. The number of halogens is 1. The molecule has 0 aliphatic carbocycles. The molecule has 5 nitrogen and oxygen atoms in total. The van der Waals surface area contributed by atoms with Gasteiger partial charge < -0.3 is 9.84 Å². The fraction of sp³-hybridized carbons (Fsp3) is 0.167. The molecule has 0 bridgehead atoms. The van der Waals surface area contributed by atoms with Gasteiger partial charge in [0.1, 0.15) is 11.3 Å². The average molecular weight is 311 g/mol. The largest absolute Gasteiger partial charge is 0.478 e. The average Bonchev–Trinajstić information content (AvgIpc) is 2.76. The monoisotopic (exact) mass is 310 g/mol. The van der Waals surface area contributed by atoms with Crippen molar-refractivity contribution in [3.05, 3.63) is 40.6 Å². The Morgan fingerprint density at radius 2 is 2.33 bits per heavy atom. The predicted molar refractivity (Wildman–Crippen MR) is 69.1 cm³/mol. The molecule has 94 valence electrons. The van der Waals surface area contributed by atoms with Crippen LogP contribution in [0.5, 0.6) is 11.5 Å². The quantitative estimate of drug-likeness (QED) is 0.942. The second kappa shape index (κ2) is 5.22. The zero-order valence-electron chi connectivity index (χ0n) is 9.63. The Bertz CT molecular complexity index is 580. The van der Waals surface area contributed by atoms with Crippen LogP contribution in [0.1, 0.15) is 17.3 Å². The lowest BCUT2D eigenvalue weighted by molar-refractivity contribution is 0.0693. The molecule has 0 aliphatic heterocycles. The van der Waals surface area contributed by atoms with Gasteiger partial charge in [0.05, 0.1) is 12.4 Å². The van der Waals surface area contributed by atoms with Gasteiger partial charge in [-0.3, -0.25) is 4.68 Å². The van der Waals surface area contributed by atoms with Crippen molar-refractivity contribution in [2.75, 3.05) is 0 Å². The van der Waals surface area contributed by atoms with Crippen LogP contribution in [0.15, 0.2) is 35.1 Å². The van der Waals surface area contributed by atoms with Gasteiger partial charge >= 0.3 is 5.97 Å². The van der Waals surface area contributed by atoms with Crippen molar-refractivity contribution in [3.8, 4) is 11.5 Å². The summed E-state index contributed by atoms with van der Waals surface area (Å²) in [5.41, 5.74) is 0.0988. The van der Waals surface area contributed by atoms with E-state index in [0.29, 0.717) is 10.2 Å². The molecular weight excluding hydrogens is 300 g/mol. The summed E-state index contributed by atoms with van der Waals surface area (Å²) in [6, 6.07) is 4.99. The van der Waals surface area contributed by atoms with Crippen LogP contribution in [0.2, 0.25) is 0 Å². The van der Waals surface area contributed by atoms with E-state index < -0.39 is 5.97 Å². The standard InChI is InChI=1S/C12H11BrN2O3/c1-2-15-7-8(6-14-15)18-10-5-3-4-9(13)11(10)12(16)17/h3-7H,2H2,1H3,(H,16,17). The lowest BCUT2D eigenvalue weighted by atomic mass is 10.2. The summed E-state index contributed by atoms with van der Waals surface area (Å²) < 4.78 is 7.72. The normalized spacial score (nSPS) is 10.3. The van der Waals surface area contributed by atoms with E-state index in [0.717, 1.165) is 6.54 Å². The number of hydrogen-bond donors (Lipinski definition) is 1. The number of hydrogen-bond acceptors (Lipinski definition) is 3. The first-order valence-corrected chi connectivity index (χ1v) is 6.13. The van der Waals surface area contributed by atoms with Gasteiger partial charge in [0.15, 0.2) is 5.75 Å². The second-order valence-electron chi connectivity index (χ2n) is 3.55. The van der Waals surface area contributed by atoms with Crippen LogP contribution in [0.4, 0.5) is 0 Å². The molecule has 0 aliphatic rings. The maximum Gasteiger partial charge on any atom is 0.340 e. The molecule has 1 aromatic heterocycles. The molecule has 0 saturated heterocycles. The van der Waals surface area contributed by atoms with Gasteiger partial charge in [-0.15, -0.1) is 0 Å². The van der Waals surface area contributed by atoms with E-state index in [9.17, 15) is 4.79 Å². The minimum atomic E-state index is -1.04. The smallest absolute Gasteiger partial charge is 0.340 e. The minimum absolute atomic E-state index is 0.0988. The van der Waals surface area contributed by atoms with Crippen LogP contribution in [-0.2, 0) is 6.54 Å². The molecule has 0 fully saturated rings. The SMILES string of the molecule is CCn1cc(Oc2cccc(Br)c2C(=O)O)cn1. The van der Waals surface area contributed by atoms with E-state index in [1.54, 1.807) is 35.3 Å². The summed E-state index contributed by atoms with van der Waals surface area (Å²) >= 11 is 3.20. The first kappa shape index (κ1) is 12.6. The van der Waals surface area contributed by atoms with Crippen molar-refractivity contribution in [2.45, 2.75) is 13.5 Å². The highest BCUT2D eigenvalue weighted by Crippen LogP contribution is 2.30. The first-order valence-electron chi connectivity index (χ1n) is 5.34. The third kappa shape index (κ3) is 2.53. The summed E-state index contributed by atoms with van der Waals surface area (Å²) in [6.07, 6.45) is 3.27. The van der Waals surface area contributed by atoms with Crippen molar-refractivity contribution in [1.82, 2.24) is 9.78 Å². The zero-order valence-corrected chi connectivity index (χ0v) is 11.2. The Hall–Kier alpha value is -1.82. The van der Waals surface area contributed by atoms with E-state index in [1.807, 2.05) is 6.92 Å². The van der Waals surface area contributed by atoms with Gasteiger partial charge in [-0.1, -0.05) is 6.07 Å². The summed E-state index contributed by atoms with van der Waals surface area (Å²) in [5, 5.41) is 13.2. The highest BCUT2D eigenvalue weighted by atomic mass is 79.9. The lowest BCUT2D eigenvalue weighted by Crippen LogP contribution is -2.01. The van der Waals surface area contributed by atoms with E-state index >= 15 is 0 Å². The third-order valence-electron chi connectivity index (χ3n) is 2.35. The second-order valence-corrected chi connectivity index (χ2v) is 4.41. The van der Waals surface area contributed by atoms with Gasteiger partial charge in [0.2, 0.25) is 0 Å². The van der Waals surface area contributed by atoms with Crippen LogP contribution in [0, 0.1) is 0 Å². The molecule has 6 heteroatoms. The highest BCUT2D eigenvalue weighted by Gasteiger charge is 2.16. The number of rotatable bonds is 4. The number of nitrogens with zero attached hydrogens (tertiary/aromatic N) is 2. The number of aromatic carboxylic acids is 1. The van der Waals surface area contributed by atoms with Crippen LogP contribution in [0.3, 0.4) is 0 Å². The molecule has 1 heterocycles. The Morgan fingerprint density at radius 1 is 1.56 bits per heavy atom. The first-order chi connectivity index (χ1) is 8.61. The van der Waals surface area contributed by atoms with Crippen LogP contribution in [0.25, 0.3) is 0 Å². The zero-order chi connectivity index (χ0) is 13.1. The number of carboxylic acid groups (broad SMARTS) is 1. The number of ether oxygens (including phenoxy) is 1. The molecule has 1 aromatic carbocycles. The molecule has 0 unspecified atom stereocenters. The van der Waals surface area contributed by atoms with Crippen molar-refractivity contribution in [3.63, 3.8) is 0 Å². The van der Waals surface area contributed by atoms with Crippen LogP contribution < -0.4 is 4.74 Å². The van der Waals surface area contributed by atoms with Crippen molar-refractivity contribution < 1.29 is 14.6 Å². The number of carbonyl (C=O) groups is 1. The summed E-state index contributed by atoms with van der Waals surface area (Å²) in [4.78, 5) is 11.2. The van der Waals surface area contributed by atoms with Crippen LogP contribution in [-0.4, -0.2) is 20.9 Å². The molecule has 0 atom stereocenters. The fourth-order valence-corrected chi connectivity index (χ4v) is 2.01. The van der Waals surface area contributed by atoms with Gasteiger partial charge in [-0.25, -0.2) is 4.79 Å². The Morgan fingerprint density at radius 3 is 2.94 bits per heavy atom. The van der Waals surface area contributed by atoms with Crippen molar-refractivity contribution >= 4 is 21.9 Å². The van der Waals surface area contributed by atoms with Crippen LogP contribution >= 0.6 is 15.9 Å². The van der Waals surface area contributed by atoms with E-state index in [1.165, 1.54) is 0 Å². The topological polar surface area (TPSA) is 64.3 Å². The summed E-state index contributed by atoms with van der Waals surface area (Å²) in [6.45, 7) is 2.69. The number of carboxylic acids is 1.